The standard InChI is InChI=1S/C27H35Cl2N3O5Si/c1-26(2,3)38(6,7)34-13-15-12-16(28)8-9-17(15)19(33)20-21-22(37-27(4,5)36-21)25(35-20)32-11-10-18-23(29)30-14-31-24(18)32/h8-12,14,19-22,25,33H,13H2,1-7H3/t19-,20+,21+,22+,25+/m0/s1. The number of fused-ring (bicyclic) bond motifs is 2. The summed E-state index contributed by atoms with van der Waals surface area (Å²) in [6.45, 7) is 15.1. The lowest BCUT2D eigenvalue weighted by Crippen LogP contribution is -2.40. The molecule has 38 heavy (non-hydrogen) atoms. The smallest absolute Gasteiger partial charge is 0.192 e. The Morgan fingerprint density at radius 3 is 2.55 bits per heavy atom. The number of benzene rings is 1. The molecule has 2 fully saturated rings. The summed E-state index contributed by atoms with van der Waals surface area (Å²) in [5.41, 5.74) is 2.13. The molecule has 0 unspecified atom stereocenters. The predicted molar refractivity (Wildman–Crippen MR) is 149 cm³/mol. The molecule has 4 heterocycles. The number of rotatable bonds is 6. The van der Waals surface area contributed by atoms with Gasteiger partial charge in [0, 0.05) is 11.2 Å². The van der Waals surface area contributed by atoms with Crippen molar-refractivity contribution in [1.82, 2.24) is 14.5 Å². The zero-order chi connectivity index (χ0) is 27.6. The molecule has 2 aromatic heterocycles. The monoisotopic (exact) mass is 579 g/mol. The third-order valence-electron chi connectivity index (χ3n) is 7.93. The topological polar surface area (TPSA) is 87.9 Å². The van der Waals surface area contributed by atoms with E-state index in [0.29, 0.717) is 33.4 Å². The molecule has 2 saturated heterocycles. The molecule has 3 aromatic rings. The van der Waals surface area contributed by atoms with Crippen LogP contribution in [-0.2, 0) is 25.2 Å². The van der Waals surface area contributed by atoms with Crippen molar-refractivity contribution in [2.75, 3.05) is 0 Å². The van der Waals surface area contributed by atoms with Gasteiger partial charge in [0.1, 0.15) is 41.5 Å². The highest BCUT2D eigenvalue weighted by Gasteiger charge is 2.58. The fraction of sp³-hybridized carbons (Fsp3) is 0.556. The van der Waals surface area contributed by atoms with Crippen molar-refractivity contribution in [1.29, 1.82) is 0 Å². The Kier molecular flexibility index (Phi) is 7.23. The Labute approximate surface area is 234 Å². The van der Waals surface area contributed by atoms with Gasteiger partial charge < -0.3 is 28.3 Å². The molecule has 5 atom stereocenters. The van der Waals surface area contributed by atoms with Crippen molar-refractivity contribution in [3.8, 4) is 0 Å². The van der Waals surface area contributed by atoms with Crippen LogP contribution in [0, 0.1) is 0 Å². The second kappa shape index (κ2) is 9.81. The number of hydrogen-bond acceptors (Lipinski definition) is 7. The van der Waals surface area contributed by atoms with Crippen LogP contribution in [0.1, 0.15) is 58.1 Å². The van der Waals surface area contributed by atoms with Crippen molar-refractivity contribution in [2.45, 2.75) is 95.8 Å². The van der Waals surface area contributed by atoms with Crippen LogP contribution in [0.2, 0.25) is 28.3 Å². The minimum Gasteiger partial charge on any atom is -0.413 e. The lowest BCUT2D eigenvalue weighted by atomic mass is 9.95. The third kappa shape index (κ3) is 5.04. The number of aliphatic hydroxyl groups excluding tert-OH is 1. The molecule has 2 aliphatic rings. The summed E-state index contributed by atoms with van der Waals surface area (Å²) < 4.78 is 27.4. The molecule has 1 N–H and O–H groups in total. The molecular weight excluding hydrogens is 545 g/mol. The van der Waals surface area contributed by atoms with E-state index in [1.807, 2.05) is 42.8 Å². The lowest BCUT2D eigenvalue weighted by Gasteiger charge is -2.36. The van der Waals surface area contributed by atoms with Crippen molar-refractivity contribution >= 4 is 42.6 Å². The van der Waals surface area contributed by atoms with E-state index in [4.69, 9.17) is 41.8 Å². The van der Waals surface area contributed by atoms with Crippen molar-refractivity contribution < 1.29 is 23.7 Å². The van der Waals surface area contributed by atoms with E-state index in [0.717, 1.165) is 5.56 Å². The number of aliphatic hydroxyl groups is 1. The molecule has 8 nitrogen and oxygen atoms in total. The van der Waals surface area contributed by atoms with Crippen molar-refractivity contribution in [3.05, 3.63) is 58.1 Å². The van der Waals surface area contributed by atoms with Crippen LogP contribution in [0.15, 0.2) is 36.8 Å². The van der Waals surface area contributed by atoms with Crippen LogP contribution >= 0.6 is 23.2 Å². The second-order valence-corrected chi connectivity index (χ2v) is 17.6. The second-order valence-electron chi connectivity index (χ2n) is 12.0. The fourth-order valence-electron chi connectivity index (χ4n) is 4.87. The number of aromatic nitrogens is 3. The highest BCUT2D eigenvalue weighted by molar-refractivity contribution is 6.74. The third-order valence-corrected chi connectivity index (χ3v) is 12.9. The molecule has 11 heteroatoms. The van der Waals surface area contributed by atoms with E-state index in [9.17, 15) is 5.11 Å². The van der Waals surface area contributed by atoms with Gasteiger partial charge in [0.15, 0.2) is 20.3 Å². The van der Waals surface area contributed by atoms with Crippen LogP contribution in [0.25, 0.3) is 11.0 Å². The van der Waals surface area contributed by atoms with Gasteiger partial charge in [-0.1, -0.05) is 50.0 Å². The van der Waals surface area contributed by atoms with Crippen LogP contribution in [0.4, 0.5) is 0 Å². The van der Waals surface area contributed by atoms with Crippen LogP contribution in [0.5, 0.6) is 0 Å². The first kappa shape index (κ1) is 28.0. The highest BCUT2D eigenvalue weighted by Crippen LogP contribution is 2.48. The van der Waals surface area contributed by atoms with Crippen molar-refractivity contribution in [3.63, 3.8) is 0 Å². The predicted octanol–water partition coefficient (Wildman–Crippen LogP) is 6.41. The SMILES string of the molecule is CC1(C)O[C@H]2[C@@H](O1)[C@H](n1ccc3c(Cl)ncnc31)O[C@@H]2[C@@H](O)c1ccc(Cl)cc1CO[Si](C)(C)C(C)(C)C. The number of nitrogens with zero attached hydrogens (tertiary/aromatic N) is 3. The fourth-order valence-corrected chi connectivity index (χ4v) is 6.21. The Morgan fingerprint density at radius 1 is 1.13 bits per heavy atom. The number of halogens is 2. The van der Waals surface area contributed by atoms with E-state index in [2.05, 4.69) is 43.8 Å². The number of ether oxygens (including phenoxy) is 3. The van der Waals surface area contributed by atoms with Crippen LogP contribution < -0.4 is 0 Å². The molecule has 0 aliphatic carbocycles. The summed E-state index contributed by atoms with van der Waals surface area (Å²) in [5, 5.41) is 13.5. The van der Waals surface area contributed by atoms with Gasteiger partial charge in [-0.2, -0.15) is 0 Å². The molecular formula is C27H35Cl2N3O5Si. The first-order valence-electron chi connectivity index (χ1n) is 12.8. The Hall–Kier alpha value is -1.56. The van der Waals surface area contributed by atoms with Crippen molar-refractivity contribution in [2.24, 2.45) is 0 Å². The van der Waals surface area contributed by atoms with E-state index in [1.54, 1.807) is 6.07 Å². The normalized spacial score (nSPS) is 26.2. The average Bonchev–Trinajstić information content (AvgIpc) is 3.48. The zero-order valence-corrected chi connectivity index (χ0v) is 25.2. The van der Waals surface area contributed by atoms with Gasteiger partial charge in [-0.05, 0) is 61.3 Å². The van der Waals surface area contributed by atoms with Gasteiger partial charge in [0.05, 0.1) is 12.0 Å². The van der Waals surface area contributed by atoms with Crippen LogP contribution in [-0.4, -0.2) is 52.1 Å². The molecule has 0 amide bonds. The van der Waals surface area contributed by atoms with Gasteiger partial charge in [-0.25, -0.2) is 9.97 Å². The summed E-state index contributed by atoms with van der Waals surface area (Å²) in [7, 11) is -2.04. The van der Waals surface area contributed by atoms with E-state index < -0.39 is 44.7 Å². The molecule has 0 bridgehead atoms. The summed E-state index contributed by atoms with van der Waals surface area (Å²) in [4.78, 5) is 8.49. The van der Waals surface area contributed by atoms with Gasteiger partial charge in [0.2, 0.25) is 0 Å². The largest absolute Gasteiger partial charge is 0.413 e. The maximum absolute atomic E-state index is 11.8. The molecule has 0 spiro atoms. The van der Waals surface area contributed by atoms with Crippen LogP contribution in [0.3, 0.4) is 0 Å². The summed E-state index contributed by atoms with van der Waals surface area (Å²) in [6, 6.07) is 7.30. The van der Waals surface area contributed by atoms with Gasteiger partial charge in [-0.3, -0.25) is 0 Å². The highest BCUT2D eigenvalue weighted by atomic mass is 35.5. The van der Waals surface area contributed by atoms with Gasteiger partial charge >= 0.3 is 0 Å². The van der Waals surface area contributed by atoms with Gasteiger partial charge in [-0.15, -0.1) is 0 Å². The summed E-state index contributed by atoms with van der Waals surface area (Å²) >= 11 is 12.7. The lowest BCUT2D eigenvalue weighted by molar-refractivity contribution is -0.207. The molecule has 0 saturated carbocycles. The quantitative estimate of drug-likeness (QED) is 0.266. The average molecular weight is 581 g/mol. The first-order chi connectivity index (χ1) is 17.7. The van der Waals surface area contributed by atoms with E-state index in [-0.39, 0.29) is 5.04 Å². The maximum Gasteiger partial charge on any atom is 0.192 e. The van der Waals surface area contributed by atoms with Gasteiger partial charge in [0.25, 0.3) is 0 Å². The molecule has 206 valence electrons. The molecule has 0 radical (unpaired) electrons. The molecule has 5 rings (SSSR count). The molecule has 1 aromatic carbocycles. The van der Waals surface area contributed by atoms with E-state index >= 15 is 0 Å². The maximum atomic E-state index is 11.8. The Morgan fingerprint density at radius 2 is 1.84 bits per heavy atom. The first-order valence-corrected chi connectivity index (χ1v) is 16.4. The Bertz CT molecular complexity index is 1340. The molecule has 2 aliphatic heterocycles. The minimum absolute atomic E-state index is 0.0476. The zero-order valence-electron chi connectivity index (χ0n) is 22.7. The summed E-state index contributed by atoms with van der Waals surface area (Å²) in [5.74, 6) is -0.848. The minimum atomic E-state index is -2.04. The number of hydrogen-bond donors (Lipinski definition) is 1. The Balaban J connectivity index is 1.48. The summed E-state index contributed by atoms with van der Waals surface area (Å²) in [6.07, 6.45) is -0.0633. The van der Waals surface area contributed by atoms with E-state index in [1.165, 1.54) is 6.33 Å².